The summed E-state index contributed by atoms with van der Waals surface area (Å²) in [6.07, 6.45) is -4.60. The van der Waals surface area contributed by atoms with Crippen LogP contribution in [0.2, 0.25) is 5.02 Å². The van der Waals surface area contributed by atoms with Crippen molar-refractivity contribution in [1.29, 1.82) is 0 Å². The highest BCUT2D eigenvalue weighted by Gasteiger charge is 2.35. The zero-order valence-corrected chi connectivity index (χ0v) is 15.1. The Labute approximate surface area is 160 Å². The normalized spacial score (nSPS) is 19.7. The van der Waals surface area contributed by atoms with Crippen LogP contribution in [0, 0.1) is 0 Å². The van der Waals surface area contributed by atoms with E-state index in [-0.39, 0.29) is 29.9 Å². The Bertz CT molecular complexity index is 769. The summed E-state index contributed by atoms with van der Waals surface area (Å²) >= 11 is 5.83. The number of carbonyl (C=O) groups is 1. The average Bonchev–Trinajstić information content (AvgIpc) is 3.02. The van der Waals surface area contributed by atoms with E-state index in [9.17, 15) is 18.0 Å². The zero-order valence-electron chi connectivity index (χ0n) is 13.5. The van der Waals surface area contributed by atoms with Gasteiger partial charge in [0.15, 0.2) is 0 Å². The maximum atomic E-state index is 13.0. The van der Waals surface area contributed by atoms with Crippen LogP contribution < -0.4 is 10.6 Å². The number of alkyl halides is 3. The summed E-state index contributed by atoms with van der Waals surface area (Å²) in [5.41, 5.74) is -0.117. The smallest absolute Gasteiger partial charge is 0.347 e. The Morgan fingerprint density at radius 2 is 1.77 bits per heavy atom. The Hall–Kier alpha value is -1.76. The van der Waals surface area contributed by atoms with Gasteiger partial charge in [0.25, 0.3) is 5.91 Å². The fourth-order valence-electron chi connectivity index (χ4n) is 3.05. The molecule has 0 radical (unpaired) electrons. The Morgan fingerprint density at radius 1 is 1.08 bits per heavy atom. The van der Waals surface area contributed by atoms with Gasteiger partial charge in [-0.3, -0.25) is 4.79 Å². The minimum Gasteiger partial charge on any atom is -0.347 e. The second-order valence-electron chi connectivity index (χ2n) is 5.92. The number of hydrogen-bond acceptors (Lipinski definition) is 2. The third-order valence-corrected chi connectivity index (χ3v) is 4.71. The molecule has 0 saturated carbocycles. The Balaban J connectivity index is 0.00000243. The van der Waals surface area contributed by atoms with E-state index in [2.05, 4.69) is 10.6 Å². The molecule has 26 heavy (non-hydrogen) atoms. The van der Waals surface area contributed by atoms with Crippen molar-refractivity contribution in [3.63, 3.8) is 0 Å². The summed E-state index contributed by atoms with van der Waals surface area (Å²) in [6.45, 7) is 1.23. The number of amides is 1. The van der Waals surface area contributed by atoms with Crippen LogP contribution in [0.1, 0.15) is 27.4 Å². The predicted molar refractivity (Wildman–Crippen MR) is 97.0 cm³/mol. The molecule has 0 aromatic heterocycles. The molecule has 2 atom stereocenters. The molecule has 2 N–H and O–H groups in total. The van der Waals surface area contributed by atoms with E-state index >= 15 is 0 Å². The zero-order chi connectivity index (χ0) is 18.0. The summed E-state index contributed by atoms with van der Waals surface area (Å²) in [6, 6.07) is 12.8. The van der Waals surface area contributed by atoms with Gasteiger partial charge in [-0.1, -0.05) is 48.0 Å². The van der Waals surface area contributed by atoms with Crippen molar-refractivity contribution in [1.82, 2.24) is 10.6 Å². The first-order valence-corrected chi connectivity index (χ1v) is 8.18. The van der Waals surface area contributed by atoms with Gasteiger partial charge in [0.2, 0.25) is 0 Å². The van der Waals surface area contributed by atoms with Gasteiger partial charge in [0.1, 0.15) is 0 Å². The highest BCUT2D eigenvalue weighted by molar-refractivity contribution is 6.34. The molecule has 0 spiro atoms. The molecule has 1 fully saturated rings. The molecule has 1 aliphatic rings. The molecule has 1 saturated heterocycles. The lowest BCUT2D eigenvalue weighted by Gasteiger charge is -2.21. The van der Waals surface area contributed by atoms with E-state index < -0.39 is 22.7 Å². The predicted octanol–water partition coefficient (Wildman–Crippen LogP) is 4.27. The Morgan fingerprint density at radius 3 is 2.42 bits per heavy atom. The van der Waals surface area contributed by atoms with Gasteiger partial charge in [-0.2, -0.15) is 13.2 Å². The van der Waals surface area contributed by atoms with Crippen LogP contribution in [-0.2, 0) is 6.18 Å². The molecule has 3 nitrogen and oxygen atoms in total. The first kappa shape index (κ1) is 20.6. The maximum Gasteiger partial charge on any atom is 0.417 e. The molecular formula is C18H17Cl2F3N2O. The lowest BCUT2D eigenvalue weighted by molar-refractivity contribution is -0.137. The van der Waals surface area contributed by atoms with Crippen LogP contribution in [-0.4, -0.2) is 25.0 Å². The largest absolute Gasteiger partial charge is 0.417 e. The monoisotopic (exact) mass is 404 g/mol. The van der Waals surface area contributed by atoms with Crippen LogP contribution in [0.3, 0.4) is 0 Å². The van der Waals surface area contributed by atoms with Crippen LogP contribution in [0.4, 0.5) is 13.2 Å². The highest BCUT2D eigenvalue weighted by Crippen LogP contribution is 2.36. The third kappa shape index (κ3) is 4.31. The number of carbonyl (C=O) groups excluding carboxylic acids is 1. The van der Waals surface area contributed by atoms with Crippen molar-refractivity contribution in [2.75, 3.05) is 13.1 Å². The molecular weight excluding hydrogens is 388 g/mol. The maximum absolute atomic E-state index is 13.0. The third-order valence-electron chi connectivity index (χ3n) is 4.31. The molecule has 1 amide bonds. The van der Waals surface area contributed by atoms with Gasteiger partial charge in [-0.15, -0.1) is 12.4 Å². The number of rotatable bonds is 3. The number of hydrogen-bond donors (Lipinski definition) is 2. The van der Waals surface area contributed by atoms with Crippen molar-refractivity contribution in [2.45, 2.75) is 18.1 Å². The van der Waals surface area contributed by atoms with Gasteiger partial charge in [0.05, 0.1) is 16.1 Å². The number of halogens is 5. The first-order chi connectivity index (χ1) is 11.9. The lowest BCUT2D eigenvalue weighted by atomic mass is 9.94. The van der Waals surface area contributed by atoms with E-state index in [1.54, 1.807) is 0 Å². The molecule has 1 heterocycles. The molecule has 2 aromatic carbocycles. The molecule has 8 heteroatoms. The number of benzene rings is 2. The van der Waals surface area contributed by atoms with Gasteiger partial charge in [-0.05, 0) is 17.7 Å². The summed E-state index contributed by atoms with van der Waals surface area (Å²) in [7, 11) is 0. The number of nitrogens with one attached hydrogen (secondary N) is 2. The lowest BCUT2D eigenvalue weighted by Crippen LogP contribution is -2.39. The molecule has 0 aliphatic carbocycles. The fraction of sp³-hybridized carbons (Fsp3) is 0.278. The molecule has 140 valence electrons. The second-order valence-corrected chi connectivity index (χ2v) is 6.30. The minimum absolute atomic E-state index is 0. The van der Waals surface area contributed by atoms with Crippen molar-refractivity contribution < 1.29 is 18.0 Å². The fourth-order valence-corrected chi connectivity index (χ4v) is 3.37. The van der Waals surface area contributed by atoms with Gasteiger partial charge in [0, 0.05) is 25.0 Å². The minimum atomic E-state index is -4.60. The van der Waals surface area contributed by atoms with Gasteiger partial charge >= 0.3 is 6.18 Å². The van der Waals surface area contributed by atoms with Crippen molar-refractivity contribution in [3.8, 4) is 0 Å². The van der Waals surface area contributed by atoms with Crippen LogP contribution in [0.5, 0.6) is 0 Å². The molecule has 3 rings (SSSR count). The summed E-state index contributed by atoms with van der Waals surface area (Å²) in [5.74, 6) is -0.555. The van der Waals surface area contributed by atoms with E-state index in [1.165, 1.54) is 12.1 Å². The van der Waals surface area contributed by atoms with E-state index in [4.69, 9.17) is 11.6 Å². The van der Waals surface area contributed by atoms with E-state index in [1.807, 2.05) is 30.3 Å². The summed E-state index contributed by atoms with van der Waals surface area (Å²) in [4.78, 5) is 12.5. The van der Waals surface area contributed by atoms with E-state index in [0.29, 0.717) is 13.1 Å². The topological polar surface area (TPSA) is 41.1 Å². The van der Waals surface area contributed by atoms with Crippen LogP contribution >= 0.6 is 24.0 Å². The average molecular weight is 405 g/mol. The van der Waals surface area contributed by atoms with Gasteiger partial charge in [-0.25, -0.2) is 0 Å². The standard InChI is InChI=1S/C18H16ClF3N2O.ClH/c19-16-12(7-4-8-14(16)18(20,21)22)17(25)24-15-10-23-9-13(15)11-5-2-1-3-6-11;/h1-8,13,15,23H,9-10H2,(H,24,25);1H/t13-,15+;/m1./s1. The first-order valence-electron chi connectivity index (χ1n) is 7.80. The van der Waals surface area contributed by atoms with Gasteiger partial charge < -0.3 is 10.6 Å². The molecule has 0 unspecified atom stereocenters. The molecule has 1 aliphatic heterocycles. The SMILES string of the molecule is Cl.O=C(N[C@H]1CNC[C@@H]1c1ccccc1)c1cccc(C(F)(F)F)c1Cl. The van der Waals surface area contributed by atoms with E-state index in [0.717, 1.165) is 11.6 Å². The van der Waals surface area contributed by atoms with Crippen molar-refractivity contribution in [3.05, 3.63) is 70.2 Å². The highest BCUT2D eigenvalue weighted by atomic mass is 35.5. The molecule has 2 aromatic rings. The second kappa shape index (κ2) is 8.29. The van der Waals surface area contributed by atoms with Crippen molar-refractivity contribution >= 4 is 29.9 Å². The summed E-state index contributed by atoms with van der Waals surface area (Å²) < 4.78 is 38.9. The quantitative estimate of drug-likeness (QED) is 0.801. The van der Waals surface area contributed by atoms with Crippen LogP contribution in [0.25, 0.3) is 0 Å². The van der Waals surface area contributed by atoms with Crippen molar-refractivity contribution in [2.24, 2.45) is 0 Å². The molecule has 0 bridgehead atoms. The van der Waals surface area contributed by atoms with Crippen LogP contribution in [0.15, 0.2) is 48.5 Å². The Kier molecular flexibility index (Phi) is 6.55. The summed E-state index contributed by atoms with van der Waals surface area (Å²) in [5, 5.41) is 5.44.